The molecule has 1 saturated heterocycles. The van der Waals surface area contributed by atoms with Crippen LogP contribution in [0.5, 0.6) is 5.75 Å². The van der Waals surface area contributed by atoms with Gasteiger partial charge in [0.2, 0.25) is 5.91 Å². The van der Waals surface area contributed by atoms with E-state index in [1.165, 1.54) is 0 Å². The molecule has 0 spiro atoms. The van der Waals surface area contributed by atoms with Crippen molar-refractivity contribution in [2.75, 3.05) is 33.4 Å². The highest BCUT2D eigenvalue weighted by atomic mass is 16.6. The fourth-order valence-electron chi connectivity index (χ4n) is 3.56. The normalized spacial score (nSPS) is 23.5. The summed E-state index contributed by atoms with van der Waals surface area (Å²) < 4.78 is 11.2. The summed E-state index contributed by atoms with van der Waals surface area (Å²) in [6.45, 7) is 5.53. The molecule has 2 aliphatic rings. The average Bonchev–Trinajstić information content (AvgIpc) is 2.55. The lowest BCUT2D eigenvalue weighted by Gasteiger charge is -2.43. The Morgan fingerprint density at radius 1 is 1.42 bits per heavy atom. The molecule has 1 aromatic rings. The van der Waals surface area contributed by atoms with Crippen molar-refractivity contribution in [1.29, 1.82) is 0 Å². The average molecular weight is 332 g/mol. The number of fused-ring (bicyclic) bond motifs is 3. The largest absolute Gasteiger partial charge is 0.493 e. The first kappa shape index (κ1) is 16.6. The quantitative estimate of drug-likeness (QED) is 0.792. The molecule has 2 heterocycles. The van der Waals surface area contributed by atoms with Crippen LogP contribution in [0.2, 0.25) is 0 Å². The van der Waals surface area contributed by atoms with Crippen molar-refractivity contribution in [3.8, 4) is 5.75 Å². The van der Waals surface area contributed by atoms with Gasteiger partial charge in [-0.15, -0.1) is 0 Å². The minimum Gasteiger partial charge on any atom is -0.493 e. The first-order chi connectivity index (χ1) is 11.5. The fourth-order valence-corrected chi connectivity index (χ4v) is 3.56. The summed E-state index contributed by atoms with van der Waals surface area (Å²) in [4.78, 5) is 28.2. The van der Waals surface area contributed by atoms with Crippen LogP contribution in [0.3, 0.4) is 0 Å². The number of hydrogen-bond acceptors (Lipinski definition) is 4. The molecular formula is C18H24N2O4. The van der Waals surface area contributed by atoms with Gasteiger partial charge in [-0.05, 0) is 19.9 Å². The predicted molar refractivity (Wildman–Crippen MR) is 88.9 cm³/mol. The Kier molecular flexibility index (Phi) is 4.64. The van der Waals surface area contributed by atoms with Gasteiger partial charge in [-0.3, -0.25) is 4.79 Å². The second-order valence-electron chi connectivity index (χ2n) is 6.47. The summed E-state index contributed by atoms with van der Waals surface area (Å²) in [5.74, 6) is 0.876. The molecule has 6 heteroatoms. The molecule has 3 rings (SSSR count). The highest BCUT2D eigenvalue weighted by Gasteiger charge is 2.40. The van der Waals surface area contributed by atoms with E-state index in [1.54, 1.807) is 16.7 Å². The van der Waals surface area contributed by atoms with Crippen LogP contribution in [0.4, 0.5) is 4.79 Å². The third-order valence-corrected chi connectivity index (χ3v) is 4.72. The van der Waals surface area contributed by atoms with Crippen LogP contribution in [-0.4, -0.2) is 55.2 Å². The molecule has 0 N–H and O–H groups in total. The number of aryl methyl sites for hydroxylation is 1. The molecule has 2 amide bonds. The summed E-state index contributed by atoms with van der Waals surface area (Å²) in [5, 5.41) is 0. The topological polar surface area (TPSA) is 59.1 Å². The van der Waals surface area contributed by atoms with Crippen molar-refractivity contribution in [2.45, 2.75) is 26.3 Å². The zero-order chi connectivity index (χ0) is 17.3. The predicted octanol–water partition coefficient (Wildman–Crippen LogP) is 2.37. The monoisotopic (exact) mass is 332 g/mol. The zero-order valence-corrected chi connectivity index (χ0v) is 14.4. The molecular weight excluding hydrogens is 308 g/mol. The molecule has 2 atom stereocenters. The molecule has 0 bridgehead atoms. The Morgan fingerprint density at radius 2 is 2.21 bits per heavy atom. The molecule has 2 aliphatic heterocycles. The Labute approximate surface area is 142 Å². The second-order valence-corrected chi connectivity index (χ2v) is 6.47. The van der Waals surface area contributed by atoms with Crippen LogP contribution in [0.1, 0.15) is 30.5 Å². The smallest absolute Gasteiger partial charge is 0.410 e. The molecule has 0 aromatic heterocycles. The van der Waals surface area contributed by atoms with Crippen LogP contribution in [-0.2, 0) is 9.53 Å². The number of benzene rings is 1. The molecule has 0 radical (unpaired) electrons. The van der Waals surface area contributed by atoms with E-state index < -0.39 is 0 Å². The summed E-state index contributed by atoms with van der Waals surface area (Å²) in [6, 6.07) is 5.90. The fraction of sp³-hybridized carbons (Fsp3) is 0.556. The van der Waals surface area contributed by atoms with E-state index in [-0.39, 0.29) is 24.0 Å². The van der Waals surface area contributed by atoms with Gasteiger partial charge in [-0.25, -0.2) is 4.79 Å². The number of carbonyl (C=O) groups excluding carboxylic acids is 2. The van der Waals surface area contributed by atoms with E-state index in [0.717, 1.165) is 16.9 Å². The summed E-state index contributed by atoms with van der Waals surface area (Å²) in [5.41, 5.74) is 2.12. The van der Waals surface area contributed by atoms with E-state index in [0.29, 0.717) is 32.7 Å². The minimum absolute atomic E-state index is 0.0259. The molecule has 1 aromatic carbocycles. The Hall–Kier alpha value is -2.24. The maximum absolute atomic E-state index is 12.5. The molecule has 6 nitrogen and oxygen atoms in total. The maximum Gasteiger partial charge on any atom is 0.410 e. The van der Waals surface area contributed by atoms with Gasteiger partial charge in [-0.2, -0.15) is 0 Å². The van der Waals surface area contributed by atoms with E-state index >= 15 is 0 Å². The maximum atomic E-state index is 12.5. The van der Waals surface area contributed by atoms with Gasteiger partial charge in [0, 0.05) is 38.0 Å². The van der Waals surface area contributed by atoms with Crippen molar-refractivity contribution in [3.05, 3.63) is 29.3 Å². The van der Waals surface area contributed by atoms with Crippen molar-refractivity contribution < 1.29 is 19.1 Å². The standard InChI is InChI=1S/C18H24N2O4/c1-4-23-18(22)20-8-7-16(21)19(3)10-13-11-24-15-6-5-12(2)9-14(15)17(13)20/h5-6,9,13,17H,4,7-8,10-11H2,1-3H3/t13-,17-/m0/s1. The van der Waals surface area contributed by atoms with Gasteiger partial charge in [-0.1, -0.05) is 17.7 Å². The molecule has 0 aliphatic carbocycles. The van der Waals surface area contributed by atoms with Crippen LogP contribution in [0.15, 0.2) is 18.2 Å². The first-order valence-corrected chi connectivity index (χ1v) is 8.42. The van der Waals surface area contributed by atoms with Gasteiger partial charge in [0.05, 0.1) is 19.3 Å². The van der Waals surface area contributed by atoms with Crippen molar-refractivity contribution in [2.24, 2.45) is 5.92 Å². The number of ether oxygens (including phenoxy) is 2. The van der Waals surface area contributed by atoms with E-state index in [2.05, 4.69) is 6.07 Å². The van der Waals surface area contributed by atoms with Gasteiger partial charge in [0.25, 0.3) is 0 Å². The number of amides is 2. The minimum atomic E-state index is -0.362. The van der Waals surface area contributed by atoms with Gasteiger partial charge in [0.1, 0.15) is 5.75 Å². The van der Waals surface area contributed by atoms with Crippen molar-refractivity contribution in [1.82, 2.24) is 9.80 Å². The third-order valence-electron chi connectivity index (χ3n) is 4.72. The van der Waals surface area contributed by atoms with Gasteiger partial charge in [0.15, 0.2) is 0 Å². The van der Waals surface area contributed by atoms with Crippen LogP contribution < -0.4 is 4.74 Å². The number of rotatable bonds is 1. The highest BCUT2D eigenvalue weighted by molar-refractivity contribution is 5.77. The molecule has 1 fully saturated rings. The van der Waals surface area contributed by atoms with Crippen LogP contribution >= 0.6 is 0 Å². The first-order valence-electron chi connectivity index (χ1n) is 8.42. The zero-order valence-electron chi connectivity index (χ0n) is 14.4. The Bertz CT molecular complexity index is 646. The van der Waals surface area contributed by atoms with E-state index in [9.17, 15) is 9.59 Å². The summed E-state index contributed by atoms with van der Waals surface area (Å²) in [6.07, 6.45) is -0.0558. The lowest BCUT2D eigenvalue weighted by Crippen LogP contribution is -2.50. The Balaban J connectivity index is 2.03. The van der Waals surface area contributed by atoms with E-state index in [1.807, 2.05) is 26.1 Å². The van der Waals surface area contributed by atoms with Gasteiger partial charge < -0.3 is 19.3 Å². The van der Waals surface area contributed by atoms with Crippen LogP contribution in [0.25, 0.3) is 0 Å². The van der Waals surface area contributed by atoms with Crippen molar-refractivity contribution >= 4 is 12.0 Å². The summed E-state index contributed by atoms with van der Waals surface area (Å²) in [7, 11) is 1.81. The molecule has 0 saturated carbocycles. The van der Waals surface area contributed by atoms with E-state index in [4.69, 9.17) is 9.47 Å². The lowest BCUT2D eigenvalue weighted by atomic mass is 9.87. The SMILES string of the molecule is CCOC(=O)N1CCC(=O)N(C)C[C@H]2COc3ccc(C)cc3[C@H]21. The summed E-state index contributed by atoms with van der Waals surface area (Å²) >= 11 is 0. The lowest BCUT2D eigenvalue weighted by molar-refractivity contribution is -0.133. The van der Waals surface area contributed by atoms with Crippen LogP contribution in [0, 0.1) is 12.8 Å². The second kappa shape index (κ2) is 6.71. The highest BCUT2D eigenvalue weighted by Crippen LogP contribution is 2.41. The number of nitrogens with zero attached hydrogens (tertiary/aromatic N) is 2. The molecule has 24 heavy (non-hydrogen) atoms. The number of hydrogen-bond donors (Lipinski definition) is 0. The van der Waals surface area contributed by atoms with Crippen molar-refractivity contribution in [3.63, 3.8) is 0 Å². The Morgan fingerprint density at radius 3 is 2.96 bits per heavy atom. The molecule has 130 valence electrons. The number of carbonyl (C=O) groups is 2. The van der Waals surface area contributed by atoms with Gasteiger partial charge >= 0.3 is 6.09 Å². The third kappa shape index (κ3) is 3.05. The molecule has 0 unspecified atom stereocenters.